The van der Waals surface area contributed by atoms with Crippen molar-refractivity contribution in [1.82, 2.24) is 0 Å². The molecule has 2 heterocycles. The topological polar surface area (TPSA) is 16.4 Å². The second-order valence-corrected chi connectivity index (χ2v) is 15.2. The fraction of sp³-hybridized carbons (Fsp3) is 0. The Morgan fingerprint density at radius 1 is 0.364 bits per heavy atom. The number of thiophene rings is 1. The molecule has 0 aliphatic carbocycles. The summed E-state index contributed by atoms with van der Waals surface area (Å²) in [5.41, 5.74) is 12.1. The first-order valence-corrected chi connectivity index (χ1v) is 19.5. The van der Waals surface area contributed by atoms with E-state index in [-0.39, 0.29) is 0 Å². The van der Waals surface area contributed by atoms with Gasteiger partial charge in [-0.25, -0.2) is 0 Å². The van der Waals surface area contributed by atoms with E-state index < -0.39 is 0 Å². The minimum absolute atomic E-state index is 0.871. The van der Waals surface area contributed by atoms with Gasteiger partial charge in [0.1, 0.15) is 11.2 Å². The van der Waals surface area contributed by atoms with Crippen LogP contribution in [0.2, 0.25) is 0 Å². The largest absolute Gasteiger partial charge is 0.456 e. The average Bonchev–Trinajstić information content (AvgIpc) is 3.83. The van der Waals surface area contributed by atoms with Crippen molar-refractivity contribution in [2.45, 2.75) is 0 Å². The number of hydrogen-bond acceptors (Lipinski definition) is 3. The van der Waals surface area contributed by atoms with E-state index in [0.29, 0.717) is 0 Å². The first kappa shape index (κ1) is 31.6. The number of rotatable bonds is 6. The number of anilines is 3. The van der Waals surface area contributed by atoms with Crippen LogP contribution in [-0.4, -0.2) is 0 Å². The number of nitrogens with zero attached hydrogens (tertiary/aromatic N) is 1. The van der Waals surface area contributed by atoms with Crippen LogP contribution in [0.15, 0.2) is 205 Å². The van der Waals surface area contributed by atoms with Crippen LogP contribution in [0.5, 0.6) is 0 Å². The van der Waals surface area contributed by atoms with E-state index in [1.165, 1.54) is 58.8 Å². The standard InChI is InChI=1S/C52H33NOS/c1-2-11-38-32-39(25-24-34(38)10-1)37-22-20-35(21-23-37)36-26-29-41(30-27-36)53(47-16-9-18-49-52(47)44-14-4-7-17-48(44)54-49)46-15-6-3-12-42(46)40-28-31-51-45(33-40)43-13-5-8-19-50(43)55-51/h1-33H. The summed E-state index contributed by atoms with van der Waals surface area (Å²) in [5.74, 6) is 0. The van der Waals surface area contributed by atoms with Crippen LogP contribution in [0.4, 0.5) is 17.1 Å². The Labute approximate surface area is 322 Å². The summed E-state index contributed by atoms with van der Waals surface area (Å²) in [4.78, 5) is 2.40. The molecule has 2 aromatic heterocycles. The van der Waals surface area contributed by atoms with Crippen molar-refractivity contribution in [2.24, 2.45) is 0 Å². The summed E-state index contributed by atoms with van der Waals surface area (Å²) in [5, 5.41) is 7.30. The molecule has 0 radical (unpaired) electrons. The number of fused-ring (bicyclic) bond motifs is 7. The SMILES string of the molecule is c1ccc(N(c2ccc(-c3ccc(-c4ccc5ccccc5c4)cc3)cc2)c2cccc3oc4ccccc4c23)c(-c2ccc3sc4ccccc4c3c2)c1. The number of hydrogen-bond donors (Lipinski definition) is 0. The van der Waals surface area contributed by atoms with Gasteiger partial charge in [0.15, 0.2) is 0 Å². The van der Waals surface area contributed by atoms with Gasteiger partial charge in [0.2, 0.25) is 0 Å². The lowest BCUT2D eigenvalue weighted by atomic mass is 9.97. The van der Waals surface area contributed by atoms with Crippen LogP contribution in [-0.2, 0) is 0 Å². The van der Waals surface area contributed by atoms with Crippen molar-refractivity contribution in [2.75, 3.05) is 4.90 Å². The van der Waals surface area contributed by atoms with Crippen LogP contribution in [0.3, 0.4) is 0 Å². The van der Waals surface area contributed by atoms with Gasteiger partial charge in [0.05, 0.1) is 16.8 Å². The molecular formula is C52H33NOS. The van der Waals surface area contributed by atoms with Gasteiger partial charge in [-0.15, -0.1) is 11.3 Å². The quantitative estimate of drug-likeness (QED) is 0.170. The first-order chi connectivity index (χ1) is 27.2. The molecule has 0 saturated heterocycles. The smallest absolute Gasteiger partial charge is 0.137 e. The van der Waals surface area contributed by atoms with Gasteiger partial charge >= 0.3 is 0 Å². The summed E-state index contributed by atoms with van der Waals surface area (Å²) in [6.45, 7) is 0. The van der Waals surface area contributed by atoms with Crippen LogP contribution >= 0.6 is 11.3 Å². The van der Waals surface area contributed by atoms with Crippen molar-refractivity contribution >= 4 is 81.3 Å². The number of furan rings is 1. The Balaban J connectivity index is 1.04. The van der Waals surface area contributed by atoms with Crippen molar-refractivity contribution in [1.29, 1.82) is 0 Å². The Hall–Kier alpha value is -6.94. The van der Waals surface area contributed by atoms with Crippen molar-refractivity contribution < 1.29 is 4.42 Å². The molecular weight excluding hydrogens is 687 g/mol. The maximum atomic E-state index is 6.42. The summed E-state index contributed by atoms with van der Waals surface area (Å²) in [6.07, 6.45) is 0. The molecule has 0 aliphatic rings. The lowest BCUT2D eigenvalue weighted by Gasteiger charge is -2.28. The van der Waals surface area contributed by atoms with E-state index in [9.17, 15) is 0 Å². The van der Waals surface area contributed by atoms with Gasteiger partial charge in [-0.05, 0) is 99.3 Å². The number of benzene rings is 9. The third kappa shape index (κ3) is 5.40. The van der Waals surface area contributed by atoms with E-state index >= 15 is 0 Å². The molecule has 9 aromatic carbocycles. The molecule has 55 heavy (non-hydrogen) atoms. The predicted octanol–water partition coefficient (Wildman–Crippen LogP) is 15.6. The highest BCUT2D eigenvalue weighted by Crippen LogP contribution is 2.47. The zero-order valence-electron chi connectivity index (χ0n) is 29.8. The molecule has 0 amide bonds. The van der Waals surface area contributed by atoms with Crippen molar-refractivity contribution in [3.63, 3.8) is 0 Å². The highest BCUT2D eigenvalue weighted by Gasteiger charge is 2.22. The van der Waals surface area contributed by atoms with Crippen molar-refractivity contribution in [3.8, 4) is 33.4 Å². The maximum absolute atomic E-state index is 6.42. The molecule has 0 aliphatic heterocycles. The van der Waals surface area contributed by atoms with Gasteiger partial charge < -0.3 is 9.32 Å². The molecule has 0 fully saturated rings. The zero-order valence-corrected chi connectivity index (χ0v) is 30.6. The van der Waals surface area contributed by atoms with Gasteiger partial charge in [-0.1, -0.05) is 140 Å². The van der Waals surface area contributed by atoms with Crippen LogP contribution < -0.4 is 4.90 Å². The highest BCUT2D eigenvalue weighted by molar-refractivity contribution is 7.25. The molecule has 0 spiro atoms. The fourth-order valence-corrected chi connectivity index (χ4v) is 9.27. The summed E-state index contributed by atoms with van der Waals surface area (Å²) in [7, 11) is 0. The molecule has 3 heteroatoms. The Morgan fingerprint density at radius 2 is 0.964 bits per heavy atom. The zero-order chi connectivity index (χ0) is 36.3. The van der Waals surface area contributed by atoms with Gasteiger partial charge in [-0.3, -0.25) is 0 Å². The predicted molar refractivity (Wildman–Crippen MR) is 235 cm³/mol. The van der Waals surface area contributed by atoms with Crippen molar-refractivity contribution in [3.05, 3.63) is 200 Å². The monoisotopic (exact) mass is 719 g/mol. The fourth-order valence-electron chi connectivity index (χ4n) is 8.18. The van der Waals surface area contributed by atoms with Crippen LogP contribution in [0, 0.1) is 0 Å². The third-order valence-corrected chi connectivity index (χ3v) is 12.0. The van der Waals surface area contributed by atoms with E-state index in [1.807, 2.05) is 17.4 Å². The van der Waals surface area contributed by atoms with Crippen LogP contribution in [0.1, 0.15) is 0 Å². The lowest BCUT2D eigenvalue weighted by molar-refractivity contribution is 0.669. The molecule has 0 N–H and O–H groups in total. The second kappa shape index (κ2) is 12.9. The Morgan fingerprint density at radius 3 is 1.82 bits per heavy atom. The van der Waals surface area contributed by atoms with E-state index in [2.05, 4.69) is 199 Å². The molecule has 11 rings (SSSR count). The normalized spacial score (nSPS) is 11.6. The Kier molecular flexibility index (Phi) is 7.39. The van der Waals surface area contributed by atoms with Gasteiger partial charge in [0.25, 0.3) is 0 Å². The molecule has 0 atom stereocenters. The number of para-hydroxylation sites is 2. The molecule has 0 unspecified atom stereocenters. The molecule has 11 aromatic rings. The lowest BCUT2D eigenvalue weighted by Crippen LogP contribution is -2.11. The van der Waals surface area contributed by atoms with Gasteiger partial charge in [0, 0.05) is 36.8 Å². The average molecular weight is 720 g/mol. The van der Waals surface area contributed by atoms with E-state index in [1.54, 1.807) is 0 Å². The maximum Gasteiger partial charge on any atom is 0.137 e. The minimum atomic E-state index is 0.871. The molecule has 0 saturated carbocycles. The molecule has 2 nitrogen and oxygen atoms in total. The summed E-state index contributed by atoms with van der Waals surface area (Å²) >= 11 is 1.85. The van der Waals surface area contributed by atoms with Crippen LogP contribution in [0.25, 0.3) is 86.3 Å². The first-order valence-electron chi connectivity index (χ1n) is 18.7. The van der Waals surface area contributed by atoms with E-state index in [0.717, 1.165) is 44.6 Å². The second-order valence-electron chi connectivity index (χ2n) is 14.1. The molecule has 258 valence electrons. The summed E-state index contributed by atoms with van der Waals surface area (Å²) < 4.78 is 9.04. The highest BCUT2D eigenvalue weighted by atomic mass is 32.1. The molecule has 0 bridgehead atoms. The Bertz CT molecular complexity index is 3210. The third-order valence-electron chi connectivity index (χ3n) is 10.9. The minimum Gasteiger partial charge on any atom is -0.456 e. The van der Waals surface area contributed by atoms with E-state index in [4.69, 9.17) is 4.42 Å². The van der Waals surface area contributed by atoms with Gasteiger partial charge in [-0.2, -0.15) is 0 Å². The summed E-state index contributed by atoms with van der Waals surface area (Å²) in [6, 6.07) is 72.3.